The molecule has 206 valence electrons. The van der Waals surface area contributed by atoms with E-state index in [0.29, 0.717) is 17.9 Å². The summed E-state index contributed by atoms with van der Waals surface area (Å²) in [6.45, 7) is 8.35. The summed E-state index contributed by atoms with van der Waals surface area (Å²) in [5, 5.41) is 14.9. The van der Waals surface area contributed by atoms with Gasteiger partial charge in [0.1, 0.15) is 5.60 Å². The van der Waals surface area contributed by atoms with Crippen molar-refractivity contribution < 1.29 is 34.4 Å². The van der Waals surface area contributed by atoms with E-state index < -0.39 is 29.2 Å². The zero-order chi connectivity index (χ0) is 26.8. The monoisotopic (exact) mass is 509 g/mol. The van der Waals surface area contributed by atoms with Gasteiger partial charge in [-0.25, -0.2) is 9.59 Å². The molecular weight excluding hydrogens is 462 g/mol. The second kappa shape index (κ2) is 14.0. The molecule has 1 amide bonds. The van der Waals surface area contributed by atoms with Crippen LogP contribution in [-0.4, -0.2) is 52.4 Å². The van der Waals surface area contributed by atoms with Crippen molar-refractivity contribution in [3.05, 3.63) is 12.7 Å². The normalized spacial score (nSPS) is 21.3. The van der Waals surface area contributed by atoms with E-state index in [-0.39, 0.29) is 18.9 Å². The molecule has 0 spiro atoms. The van der Waals surface area contributed by atoms with Crippen molar-refractivity contribution in [1.29, 1.82) is 0 Å². The lowest BCUT2D eigenvalue weighted by Gasteiger charge is -2.33. The van der Waals surface area contributed by atoms with Crippen molar-refractivity contribution >= 4 is 18.0 Å². The molecule has 9 heteroatoms. The number of quaternary nitrogens is 1. The summed E-state index contributed by atoms with van der Waals surface area (Å²) in [4.78, 5) is 39.8. The van der Waals surface area contributed by atoms with E-state index in [1.807, 2.05) is 0 Å². The first-order valence-corrected chi connectivity index (χ1v) is 13.7. The van der Waals surface area contributed by atoms with E-state index in [4.69, 9.17) is 10.5 Å². The number of carbonyl (C=O) groups excluding carboxylic acids is 3. The van der Waals surface area contributed by atoms with E-state index >= 15 is 0 Å². The summed E-state index contributed by atoms with van der Waals surface area (Å²) >= 11 is 0. The van der Waals surface area contributed by atoms with E-state index in [1.165, 1.54) is 64.2 Å². The molecule has 0 aromatic rings. The number of esters is 1. The number of carbonyl (C=O) groups is 3. The van der Waals surface area contributed by atoms with Crippen LogP contribution in [0.25, 0.3) is 0 Å². The van der Waals surface area contributed by atoms with Gasteiger partial charge < -0.3 is 30.5 Å². The summed E-state index contributed by atoms with van der Waals surface area (Å²) in [7, 11) is 0. The van der Waals surface area contributed by atoms with Gasteiger partial charge in [0.25, 0.3) is 0 Å². The zero-order valence-corrected chi connectivity index (χ0v) is 22.5. The molecule has 36 heavy (non-hydrogen) atoms. The van der Waals surface area contributed by atoms with Gasteiger partial charge in [-0.3, -0.25) is 0 Å². The highest BCUT2D eigenvalue weighted by molar-refractivity contribution is 6.07. The van der Waals surface area contributed by atoms with E-state index in [2.05, 4.69) is 16.7 Å². The van der Waals surface area contributed by atoms with Gasteiger partial charge in [-0.2, -0.15) is 0 Å². The number of hydrogen-bond donors (Lipinski definition) is 2. The topological polar surface area (TPSA) is 142 Å². The number of hydroxylamine groups is 2. The molecule has 2 saturated carbocycles. The van der Waals surface area contributed by atoms with Gasteiger partial charge in [-0.05, 0) is 97.8 Å². The molecule has 1 aliphatic heterocycles. The molecule has 3 fully saturated rings. The predicted octanol–water partition coefficient (Wildman–Crippen LogP) is 2.47. The Morgan fingerprint density at radius 2 is 1.64 bits per heavy atom. The van der Waals surface area contributed by atoms with Gasteiger partial charge in [0, 0.05) is 6.04 Å². The van der Waals surface area contributed by atoms with Gasteiger partial charge in [0.15, 0.2) is 0 Å². The Morgan fingerprint density at radius 3 is 2.03 bits per heavy atom. The quantitative estimate of drug-likeness (QED) is 0.189. The summed E-state index contributed by atoms with van der Waals surface area (Å²) in [5.74, 6) is -2.83. The Kier molecular flexibility index (Phi) is 11.7. The smallest absolute Gasteiger partial charge is 0.469 e. The van der Waals surface area contributed by atoms with Crippen molar-refractivity contribution in [2.75, 3.05) is 0 Å². The number of rotatable bonds is 11. The van der Waals surface area contributed by atoms with Crippen LogP contribution in [0.5, 0.6) is 0 Å². The van der Waals surface area contributed by atoms with Gasteiger partial charge >= 0.3 is 12.1 Å². The highest BCUT2D eigenvalue weighted by Crippen LogP contribution is 2.34. The Morgan fingerprint density at radius 1 is 1.14 bits per heavy atom. The van der Waals surface area contributed by atoms with E-state index in [9.17, 15) is 19.5 Å². The highest BCUT2D eigenvalue weighted by atomic mass is 16.9. The summed E-state index contributed by atoms with van der Waals surface area (Å²) in [6, 6.07) is 1.78. The van der Waals surface area contributed by atoms with Crippen LogP contribution in [0.1, 0.15) is 111 Å². The van der Waals surface area contributed by atoms with Gasteiger partial charge in [-0.1, -0.05) is 18.9 Å². The maximum absolute atomic E-state index is 12.4. The third-order valence-electron chi connectivity index (χ3n) is 7.15. The van der Waals surface area contributed by atoms with Crippen LogP contribution < -0.4 is 16.2 Å². The van der Waals surface area contributed by atoms with Crippen LogP contribution in [0.4, 0.5) is 4.79 Å². The van der Waals surface area contributed by atoms with Crippen LogP contribution in [0.2, 0.25) is 0 Å². The van der Waals surface area contributed by atoms with Gasteiger partial charge in [0.05, 0.1) is 18.1 Å². The maximum Gasteiger partial charge on any atom is 0.469 e. The molecule has 9 nitrogen and oxygen atoms in total. The molecule has 3 aliphatic rings. The molecule has 0 aromatic carbocycles. The number of carboxylic acid groups (broad SMARTS) is 1. The maximum atomic E-state index is 12.4. The molecule has 0 radical (unpaired) electrons. The third-order valence-corrected chi connectivity index (χ3v) is 7.15. The summed E-state index contributed by atoms with van der Waals surface area (Å²) < 4.78 is 5.14. The number of carboxylic acids is 1. The second-order valence-electron chi connectivity index (χ2n) is 11.5. The lowest BCUT2D eigenvalue weighted by molar-refractivity contribution is -0.725. The minimum absolute atomic E-state index is 0.208. The van der Waals surface area contributed by atoms with Gasteiger partial charge in [0.2, 0.25) is 5.54 Å². The fourth-order valence-electron chi connectivity index (χ4n) is 5.20. The molecule has 1 unspecified atom stereocenters. The van der Waals surface area contributed by atoms with E-state index in [0.717, 1.165) is 12.1 Å². The van der Waals surface area contributed by atoms with Crippen LogP contribution in [0, 0.1) is 0 Å². The molecule has 3 rings (SSSR count). The van der Waals surface area contributed by atoms with Crippen molar-refractivity contribution in [3.8, 4) is 0 Å². The van der Waals surface area contributed by atoms with Crippen LogP contribution in [-0.2, 0) is 19.2 Å². The highest BCUT2D eigenvalue weighted by Gasteiger charge is 2.60. The molecule has 1 heterocycles. The molecule has 1 saturated heterocycles. The predicted molar refractivity (Wildman–Crippen MR) is 134 cm³/mol. The number of hydrogen-bond acceptors (Lipinski definition) is 7. The summed E-state index contributed by atoms with van der Waals surface area (Å²) in [5.41, 5.74) is 2.61. The van der Waals surface area contributed by atoms with Crippen molar-refractivity contribution in [3.63, 3.8) is 0 Å². The Labute approximate surface area is 216 Å². The van der Waals surface area contributed by atoms with Crippen molar-refractivity contribution in [2.45, 2.75) is 140 Å². The number of ether oxygens (including phenoxy) is 1. The van der Waals surface area contributed by atoms with Crippen LogP contribution >= 0.6 is 0 Å². The first-order chi connectivity index (χ1) is 17.0. The minimum atomic E-state index is -2.29. The summed E-state index contributed by atoms with van der Waals surface area (Å²) in [6.07, 6.45) is 16.8. The Bertz CT molecular complexity index is 724. The lowest BCUT2D eigenvalue weighted by atomic mass is 9.90. The minimum Gasteiger partial charge on any atom is -0.547 e. The largest absolute Gasteiger partial charge is 0.547 e. The average molecular weight is 510 g/mol. The molecule has 0 bridgehead atoms. The first kappa shape index (κ1) is 30.1. The SMILES string of the molecule is C1CCC([NH2+]C2CCCCC2)CC1.C=CCC(N)CCC[C@](C(=O)[O-])(C(=O)OC(C)(C)C)N1OC1=O. The van der Waals surface area contributed by atoms with E-state index in [1.54, 1.807) is 26.8 Å². The second-order valence-corrected chi connectivity index (χ2v) is 11.5. The number of nitrogens with zero attached hydrogens (tertiary/aromatic N) is 1. The Balaban J connectivity index is 0.000000293. The number of nitrogens with two attached hydrogens (primary N) is 2. The van der Waals surface area contributed by atoms with Gasteiger partial charge in [-0.15, -0.1) is 11.6 Å². The molecule has 4 N–H and O–H groups in total. The lowest BCUT2D eigenvalue weighted by Crippen LogP contribution is -2.95. The van der Waals surface area contributed by atoms with Crippen LogP contribution in [0.15, 0.2) is 12.7 Å². The fraction of sp³-hybridized carbons (Fsp3) is 0.815. The molecular formula is C27H47N3O6. The van der Waals surface area contributed by atoms with Crippen molar-refractivity contribution in [1.82, 2.24) is 5.06 Å². The fourth-order valence-corrected chi connectivity index (χ4v) is 5.20. The molecule has 2 atom stereocenters. The number of aliphatic carboxylic acids is 1. The molecule has 2 aliphatic carbocycles. The van der Waals surface area contributed by atoms with Crippen LogP contribution in [0.3, 0.4) is 0 Å². The Hall–Kier alpha value is -2.13. The first-order valence-electron chi connectivity index (χ1n) is 13.7. The van der Waals surface area contributed by atoms with Crippen molar-refractivity contribution in [2.24, 2.45) is 5.73 Å². The average Bonchev–Trinajstić information content (AvgIpc) is 3.54. The zero-order valence-electron chi connectivity index (χ0n) is 22.5. The standard InChI is InChI=1S/C15H24N2O6.C12H23N/c1-5-7-10(16)8-6-9-15(11(18)19,17-13(21)23-17)12(20)22-14(2,3)4;1-3-7-11(8-4-1)13-12-9-5-2-6-10-12/h5,10H,1,6-9,16H2,2-4H3,(H,18,19);11-13H,1-10H2/t10?,15-,17?;/m0./s1. The number of amides is 1. The third kappa shape index (κ3) is 9.39. The molecule has 0 aromatic heterocycles.